The number of hydrogen-bond donors (Lipinski definition) is 5. The van der Waals surface area contributed by atoms with Crippen LogP contribution in [-0.4, -0.2) is 65.5 Å². The first-order valence-electron chi connectivity index (χ1n) is 18.3. The Morgan fingerprint density at radius 1 is 0.655 bits per heavy atom. The molecule has 0 spiro atoms. The normalized spacial score (nSPS) is 19.6. The molecule has 0 saturated carbocycles. The Hall–Kier alpha value is -6.48. The number of alkyl halides is 3. The molecule has 2 bridgehead atoms. The van der Waals surface area contributed by atoms with Gasteiger partial charge in [0.2, 0.25) is 17.7 Å². The van der Waals surface area contributed by atoms with Gasteiger partial charge in [-0.3, -0.25) is 19.2 Å². The third-order valence-corrected chi connectivity index (χ3v) is 10.4. The SMILES string of the molecule is O=C1COc2ccc(cc2)CC(C(=O)O)NC(=O)C(Cc2ccc(C(F)(F)F)cc2)NC(=O)C(Cc2ccc(-c3ccccc3)cc2)NC(=O)C(Cc2cccs2)N1. The number of aliphatic carboxylic acids is 1. The second-order valence-corrected chi connectivity index (χ2v) is 14.8. The van der Waals surface area contributed by atoms with Crippen LogP contribution in [0.2, 0.25) is 0 Å². The molecule has 4 aromatic carbocycles. The molecule has 2 aliphatic rings. The molecule has 0 saturated heterocycles. The minimum atomic E-state index is -4.62. The van der Waals surface area contributed by atoms with Gasteiger partial charge < -0.3 is 31.1 Å². The fraction of sp³-hybridized carbons (Fsp3) is 0.233. The summed E-state index contributed by atoms with van der Waals surface area (Å²) in [6.07, 6.45) is -5.11. The van der Waals surface area contributed by atoms with Crippen LogP contribution in [0.5, 0.6) is 5.75 Å². The highest BCUT2D eigenvalue weighted by atomic mass is 32.1. The van der Waals surface area contributed by atoms with Crippen molar-refractivity contribution in [1.29, 1.82) is 0 Å². The van der Waals surface area contributed by atoms with Crippen molar-refractivity contribution in [3.63, 3.8) is 0 Å². The Morgan fingerprint density at radius 3 is 1.76 bits per heavy atom. The van der Waals surface area contributed by atoms with Crippen molar-refractivity contribution in [2.24, 2.45) is 0 Å². The van der Waals surface area contributed by atoms with E-state index in [1.165, 1.54) is 35.6 Å². The van der Waals surface area contributed by atoms with E-state index >= 15 is 0 Å². The fourth-order valence-electron chi connectivity index (χ4n) is 6.38. The summed E-state index contributed by atoms with van der Waals surface area (Å²) in [5, 5.41) is 22.5. The lowest BCUT2D eigenvalue weighted by molar-refractivity contribution is -0.142. The van der Waals surface area contributed by atoms with Crippen molar-refractivity contribution in [2.75, 3.05) is 6.61 Å². The number of carbonyl (C=O) groups excluding carboxylic acids is 4. The van der Waals surface area contributed by atoms with Crippen molar-refractivity contribution in [3.8, 4) is 16.9 Å². The first-order valence-corrected chi connectivity index (χ1v) is 19.2. The molecule has 0 fully saturated rings. The van der Waals surface area contributed by atoms with Gasteiger partial charge in [0.1, 0.15) is 29.9 Å². The maximum atomic E-state index is 14.3. The van der Waals surface area contributed by atoms with E-state index in [1.807, 2.05) is 47.8 Å². The average molecular weight is 813 g/mol. The minimum absolute atomic E-state index is 0.0736. The Morgan fingerprint density at radius 2 is 1.21 bits per heavy atom. The summed E-state index contributed by atoms with van der Waals surface area (Å²) < 4.78 is 45.8. The largest absolute Gasteiger partial charge is 0.484 e. The van der Waals surface area contributed by atoms with E-state index in [0.29, 0.717) is 11.1 Å². The molecular formula is C43H39F3N4O7S. The van der Waals surface area contributed by atoms with E-state index in [1.54, 1.807) is 36.4 Å². The van der Waals surface area contributed by atoms with Crippen LogP contribution in [0.15, 0.2) is 121 Å². The number of fused-ring (bicyclic) bond motifs is 16. The Kier molecular flexibility index (Phi) is 13.2. The van der Waals surface area contributed by atoms with Crippen molar-refractivity contribution in [1.82, 2.24) is 21.3 Å². The van der Waals surface area contributed by atoms with Crippen molar-refractivity contribution in [2.45, 2.75) is 56.0 Å². The zero-order valence-electron chi connectivity index (χ0n) is 30.8. The molecule has 4 amide bonds. The van der Waals surface area contributed by atoms with Gasteiger partial charge in [-0.2, -0.15) is 13.2 Å². The molecule has 1 aromatic heterocycles. The molecule has 0 aliphatic carbocycles. The summed E-state index contributed by atoms with van der Waals surface area (Å²) >= 11 is 1.37. The number of benzene rings is 4. The molecule has 5 N–H and O–H groups in total. The van der Waals surface area contributed by atoms with Crippen molar-refractivity contribution >= 4 is 40.9 Å². The predicted octanol–water partition coefficient (Wildman–Crippen LogP) is 5.12. The lowest BCUT2D eigenvalue weighted by Crippen LogP contribution is -2.59. The van der Waals surface area contributed by atoms with Crippen molar-refractivity contribution in [3.05, 3.63) is 148 Å². The number of carboxylic acids is 1. The lowest BCUT2D eigenvalue weighted by Gasteiger charge is -2.26. The number of carboxylic acid groups (broad SMARTS) is 1. The van der Waals surface area contributed by atoms with Crippen LogP contribution in [-0.2, 0) is 55.8 Å². The Labute approximate surface area is 335 Å². The van der Waals surface area contributed by atoms with Crippen LogP contribution >= 0.6 is 11.3 Å². The summed E-state index contributed by atoms with van der Waals surface area (Å²) in [4.78, 5) is 68.7. The first kappa shape index (κ1) is 41.2. The molecule has 11 nitrogen and oxygen atoms in total. The molecule has 4 unspecified atom stereocenters. The topological polar surface area (TPSA) is 163 Å². The van der Waals surface area contributed by atoms with Crippen LogP contribution < -0.4 is 26.0 Å². The van der Waals surface area contributed by atoms with Gasteiger partial charge in [0.05, 0.1) is 5.56 Å². The average Bonchev–Trinajstić information content (AvgIpc) is 3.73. The highest BCUT2D eigenvalue weighted by Gasteiger charge is 2.33. The summed E-state index contributed by atoms with van der Waals surface area (Å²) in [5.41, 5.74) is 2.30. The monoisotopic (exact) mass is 812 g/mol. The quantitative estimate of drug-likeness (QED) is 0.136. The molecule has 2 aliphatic heterocycles. The first-order chi connectivity index (χ1) is 27.8. The Bertz CT molecular complexity index is 2200. The molecule has 15 heteroatoms. The number of hydrogen-bond acceptors (Lipinski definition) is 7. The van der Waals surface area contributed by atoms with E-state index in [2.05, 4.69) is 21.3 Å². The van der Waals surface area contributed by atoms with Gasteiger partial charge in [-0.05, 0) is 63.5 Å². The molecule has 5 aromatic rings. The third-order valence-electron chi connectivity index (χ3n) is 9.47. The number of carbonyl (C=O) groups is 5. The number of ether oxygens (including phenoxy) is 1. The number of rotatable bonds is 8. The number of thiophene rings is 1. The summed E-state index contributed by atoms with van der Waals surface area (Å²) in [5.74, 6) is -4.17. The summed E-state index contributed by atoms with van der Waals surface area (Å²) in [6, 6.07) is 25.2. The maximum absolute atomic E-state index is 14.3. The number of nitrogens with one attached hydrogen (secondary N) is 4. The van der Waals surface area contributed by atoms with Gasteiger partial charge in [-0.15, -0.1) is 11.3 Å². The van der Waals surface area contributed by atoms with Crippen molar-refractivity contribution < 1.29 is 47.0 Å². The second-order valence-electron chi connectivity index (χ2n) is 13.7. The van der Waals surface area contributed by atoms with E-state index in [0.717, 1.165) is 28.1 Å². The van der Waals surface area contributed by atoms with Gasteiger partial charge in [0, 0.05) is 30.6 Å². The number of amides is 4. The van der Waals surface area contributed by atoms with Gasteiger partial charge in [-0.25, -0.2) is 4.79 Å². The highest BCUT2D eigenvalue weighted by molar-refractivity contribution is 7.09. The standard InChI is InChI=1S/C43H39F3N4O7S/c44-43(45,46)31-16-10-27(11-17-31)22-35-40(53)50-37(42(55)56)23-28-12-18-32(19-13-28)57-25-38(51)47-36(24-33-7-4-20-58-33)41(54)49-34(39(52)48-35)21-26-8-14-30(15-9-26)29-5-2-1-3-6-29/h1-20,34-37H,21-25H2,(H,47,51)(H,48,52)(H,49,54)(H,50,53)(H,55,56). The van der Waals surface area contributed by atoms with Gasteiger partial charge in [0.25, 0.3) is 5.91 Å². The van der Waals surface area contributed by atoms with E-state index in [4.69, 9.17) is 4.74 Å². The molecule has 300 valence electrons. The molecular weight excluding hydrogens is 774 g/mol. The minimum Gasteiger partial charge on any atom is -0.484 e. The highest BCUT2D eigenvalue weighted by Crippen LogP contribution is 2.29. The van der Waals surface area contributed by atoms with Gasteiger partial charge in [-0.1, -0.05) is 84.9 Å². The summed E-state index contributed by atoms with van der Waals surface area (Å²) in [6.45, 7) is -0.454. The second kappa shape index (κ2) is 18.6. The van der Waals surface area contributed by atoms with Crippen LogP contribution in [0.1, 0.15) is 27.1 Å². The van der Waals surface area contributed by atoms with Gasteiger partial charge in [0.15, 0.2) is 6.61 Å². The zero-order valence-corrected chi connectivity index (χ0v) is 31.6. The molecule has 4 atom stereocenters. The number of halogens is 3. The molecule has 7 rings (SSSR count). The van der Waals surface area contributed by atoms with E-state index in [9.17, 15) is 42.3 Å². The van der Waals surface area contributed by atoms with Crippen LogP contribution in [0.4, 0.5) is 13.2 Å². The van der Waals surface area contributed by atoms with Crippen LogP contribution in [0.25, 0.3) is 11.1 Å². The third kappa shape index (κ3) is 11.3. The van der Waals surface area contributed by atoms with Gasteiger partial charge >= 0.3 is 12.1 Å². The maximum Gasteiger partial charge on any atom is 0.416 e. The van der Waals surface area contributed by atoms with Crippen LogP contribution in [0, 0.1) is 0 Å². The van der Waals surface area contributed by atoms with E-state index < -0.39 is 72.1 Å². The fourth-order valence-corrected chi connectivity index (χ4v) is 7.13. The smallest absolute Gasteiger partial charge is 0.416 e. The Balaban J connectivity index is 1.35. The molecule has 0 radical (unpaired) electrons. The van der Waals surface area contributed by atoms with E-state index in [-0.39, 0.29) is 37.0 Å². The predicted molar refractivity (Wildman–Crippen MR) is 210 cm³/mol. The van der Waals surface area contributed by atoms with Crippen LogP contribution in [0.3, 0.4) is 0 Å². The molecule has 3 heterocycles. The lowest BCUT2D eigenvalue weighted by atomic mass is 9.98. The molecule has 58 heavy (non-hydrogen) atoms. The zero-order chi connectivity index (χ0) is 41.2. The summed E-state index contributed by atoms with van der Waals surface area (Å²) in [7, 11) is 0.